The van der Waals surface area contributed by atoms with Gasteiger partial charge in [0.25, 0.3) is 0 Å². The van der Waals surface area contributed by atoms with Crippen molar-refractivity contribution < 1.29 is 13.9 Å². The second-order valence-electron chi connectivity index (χ2n) is 3.83. The number of thioether (sulfide) groups is 1. The van der Waals surface area contributed by atoms with E-state index in [1.807, 2.05) is 0 Å². The summed E-state index contributed by atoms with van der Waals surface area (Å²) < 4.78 is 18.1. The van der Waals surface area contributed by atoms with Crippen molar-refractivity contribution in [2.45, 2.75) is 13.0 Å². The lowest BCUT2D eigenvalue weighted by atomic mass is 10.1. The lowest BCUT2D eigenvalue weighted by molar-refractivity contribution is 0.0595. The molecule has 0 atom stereocenters. The molecule has 0 aliphatic carbocycles. The van der Waals surface area contributed by atoms with Gasteiger partial charge in [-0.3, -0.25) is 0 Å². The molecule has 1 aromatic rings. The van der Waals surface area contributed by atoms with E-state index in [0.717, 1.165) is 24.3 Å². The second kappa shape index (κ2) is 8.11. The predicted molar refractivity (Wildman–Crippen MR) is 72.4 cm³/mol. The third kappa shape index (κ3) is 4.66. The molecule has 0 saturated heterocycles. The van der Waals surface area contributed by atoms with Crippen LogP contribution in [0.5, 0.6) is 0 Å². The Morgan fingerprint density at radius 1 is 1.50 bits per heavy atom. The minimum atomic E-state index is -0.646. The van der Waals surface area contributed by atoms with Crippen LogP contribution in [-0.4, -0.2) is 31.6 Å². The van der Waals surface area contributed by atoms with Crippen molar-refractivity contribution >= 4 is 17.7 Å². The molecule has 3 nitrogen and oxygen atoms in total. The normalized spacial score (nSPS) is 10.4. The zero-order chi connectivity index (χ0) is 13.4. The zero-order valence-corrected chi connectivity index (χ0v) is 11.5. The Bertz CT molecular complexity index is 399. The van der Waals surface area contributed by atoms with Crippen molar-refractivity contribution in [3.63, 3.8) is 0 Å². The number of nitrogens with one attached hydrogen (secondary N) is 1. The van der Waals surface area contributed by atoms with Gasteiger partial charge < -0.3 is 10.1 Å². The molecule has 1 N–H and O–H groups in total. The second-order valence-corrected chi connectivity index (χ2v) is 4.81. The summed E-state index contributed by atoms with van der Waals surface area (Å²) in [6, 6.07) is 4.56. The van der Waals surface area contributed by atoms with Gasteiger partial charge in [0.1, 0.15) is 5.82 Å². The van der Waals surface area contributed by atoms with Crippen molar-refractivity contribution in [1.82, 2.24) is 5.32 Å². The number of esters is 1. The first kappa shape index (κ1) is 15.0. The van der Waals surface area contributed by atoms with Gasteiger partial charge in [0.05, 0.1) is 12.7 Å². The molecule has 1 rings (SSSR count). The molecular weight excluding hydrogens is 253 g/mol. The Balaban J connectivity index is 2.49. The number of hydrogen-bond donors (Lipinski definition) is 1. The standard InChI is InChI=1S/C13H18FNO2S/c1-17-13(16)11-5-4-10(8-12(11)14)9-15-6-3-7-18-2/h4-5,8,15H,3,6-7,9H2,1-2H3. The van der Waals surface area contributed by atoms with Crippen molar-refractivity contribution in [3.05, 3.63) is 35.1 Å². The number of hydrogen-bond acceptors (Lipinski definition) is 4. The van der Waals surface area contributed by atoms with Gasteiger partial charge in [0.2, 0.25) is 0 Å². The van der Waals surface area contributed by atoms with Gasteiger partial charge in [0.15, 0.2) is 0 Å². The Hall–Kier alpha value is -1.07. The molecule has 0 aromatic heterocycles. The third-order valence-electron chi connectivity index (χ3n) is 2.47. The lowest BCUT2D eigenvalue weighted by Gasteiger charge is -2.06. The molecule has 18 heavy (non-hydrogen) atoms. The van der Waals surface area contributed by atoms with Gasteiger partial charge in [0, 0.05) is 6.54 Å². The molecule has 0 saturated carbocycles. The fraction of sp³-hybridized carbons (Fsp3) is 0.462. The van der Waals surface area contributed by atoms with Crippen LogP contribution >= 0.6 is 11.8 Å². The van der Waals surface area contributed by atoms with Gasteiger partial charge in [-0.2, -0.15) is 11.8 Å². The summed E-state index contributed by atoms with van der Waals surface area (Å²) in [4.78, 5) is 11.2. The summed E-state index contributed by atoms with van der Waals surface area (Å²) in [7, 11) is 1.24. The van der Waals surface area contributed by atoms with Crippen molar-refractivity contribution in [1.29, 1.82) is 0 Å². The van der Waals surface area contributed by atoms with Crippen LogP contribution in [0.2, 0.25) is 0 Å². The van der Waals surface area contributed by atoms with E-state index in [1.165, 1.54) is 19.2 Å². The quantitative estimate of drug-likeness (QED) is 0.610. The Morgan fingerprint density at radius 3 is 2.89 bits per heavy atom. The number of ether oxygens (including phenoxy) is 1. The highest BCUT2D eigenvalue weighted by atomic mass is 32.2. The number of methoxy groups -OCH3 is 1. The maximum absolute atomic E-state index is 13.6. The molecule has 0 aliphatic heterocycles. The van der Waals surface area contributed by atoms with Crippen LogP contribution in [0.25, 0.3) is 0 Å². The van der Waals surface area contributed by atoms with E-state index in [-0.39, 0.29) is 5.56 Å². The molecule has 0 heterocycles. The summed E-state index contributed by atoms with van der Waals surface area (Å²) in [5.41, 5.74) is 0.799. The maximum atomic E-state index is 13.6. The molecule has 0 spiro atoms. The first-order chi connectivity index (χ1) is 8.69. The van der Waals surface area contributed by atoms with Crippen LogP contribution < -0.4 is 5.32 Å². The van der Waals surface area contributed by atoms with E-state index in [1.54, 1.807) is 17.8 Å². The summed E-state index contributed by atoms with van der Waals surface area (Å²) in [5, 5.41) is 3.23. The highest BCUT2D eigenvalue weighted by molar-refractivity contribution is 7.98. The minimum absolute atomic E-state index is 0.0244. The van der Waals surface area contributed by atoms with Gasteiger partial charge in [-0.25, -0.2) is 9.18 Å². The van der Waals surface area contributed by atoms with Crippen molar-refractivity contribution in [3.8, 4) is 0 Å². The first-order valence-corrected chi connectivity index (χ1v) is 7.14. The first-order valence-electron chi connectivity index (χ1n) is 5.75. The monoisotopic (exact) mass is 271 g/mol. The predicted octanol–water partition coefficient (Wildman–Crippen LogP) is 2.46. The highest BCUT2D eigenvalue weighted by Gasteiger charge is 2.11. The molecule has 100 valence electrons. The Labute approximate surface area is 111 Å². The molecule has 0 radical (unpaired) electrons. The van der Waals surface area contributed by atoms with E-state index in [4.69, 9.17) is 0 Å². The van der Waals surface area contributed by atoms with Crippen LogP contribution in [-0.2, 0) is 11.3 Å². The fourth-order valence-corrected chi connectivity index (χ4v) is 1.95. The van der Waals surface area contributed by atoms with Crippen LogP contribution in [0, 0.1) is 5.82 Å². The van der Waals surface area contributed by atoms with E-state index < -0.39 is 11.8 Å². The molecule has 1 aromatic carbocycles. The number of carbonyl (C=O) groups is 1. The molecular formula is C13H18FNO2S. The SMILES string of the molecule is COC(=O)c1ccc(CNCCCSC)cc1F. The van der Waals surface area contributed by atoms with Gasteiger partial charge in [-0.15, -0.1) is 0 Å². The van der Waals surface area contributed by atoms with E-state index in [0.29, 0.717) is 6.54 Å². The van der Waals surface area contributed by atoms with Gasteiger partial charge in [-0.1, -0.05) is 6.07 Å². The maximum Gasteiger partial charge on any atom is 0.340 e. The molecule has 0 amide bonds. The van der Waals surface area contributed by atoms with Crippen LogP contribution in [0.4, 0.5) is 4.39 Å². The van der Waals surface area contributed by atoms with Crippen molar-refractivity contribution in [2.24, 2.45) is 0 Å². The van der Waals surface area contributed by atoms with E-state index in [2.05, 4.69) is 16.3 Å². The minimum Gasteiger partial charge on any atom is -0.465 e. The zero-order valence-electron chi connectivity index (χ0n) is 10.7. The molecule has 0 unspecified atom stereocenters. The molecule has 0 fully saturated rings. The average Bonchev–Trinajstić information content (AvgIpc) is 2.38. The Morgan fingerprint density at radius 2 is 2.28 bits per heavy atom. The van der Waals surface area contributed by atoms with Gasteiger partial charge >= 0.3 is 5.97 Å². The number of rotatable bonds is 7. The van der Waals surface area contributed by atoms with Crippen molar-refractivity contribution in [2.75, 3.05) is 25.7 Å². The summed E-state index contributed by atoms with van der Waals surface area (Å²) in [5.74, 6) is -0.0694. The fourth-order valence-electron chi connectivity index (χ4n) is 1.52. The molecule has 0 bridgehead atoms. The summed E-state index contributed by atoms with van der Waals surface area (Å²) in [6.45, 7) is 1.51. The Kier molecular flexibility index (Phi) is 6.75. The lowest BCUT2D eigenvalue weighted by Crippen LogP contribution is -2.15. The summed E-state index contributed by atoms with van der Waals surface area (Å²) >= 11 is 1.81. The molecule has 5 heteroatoms. The molecule has 0 aliphatic rings. The highest BCUT2D eigenvalue weighted by Crippen LogP contribution is 2.11. The average molecular weight is 271 g/mol. The van der Waals surface area contributed by atoms with Crippen LogP contribution in [0.15, 0.2) is 18.2 Å². The smallest absolute Gasteiger partial charge is 0.340 e. The van der Waals surface area contributed by atoms with Gasteiger partial charge in [-0.05, 0) is 42.7 Å². The van der Waals surface area contributed by atoms with Crippen LogP contribution in [0.3, 0.4) is 0 Å². The number of benzene rings is 1. The topological polar surface area (TPSA) is 38.3 Å². The third-order valence-corrected chi connectivity index (χ3v) is 3.17. The van der Waals surface area contributed by atoms with Crippen LogP contribution in [0.1, 0.15) is 22.3 Å². The van der Waals surface area contributed by atoms with E-state index in [9.17, 15) is 9.18 Å². The largest absolute Gasteiger partial charge is 0.465 e. The number of halogens is 1. The summed E-state index contributed by atoms with van der Waals surface area (Å²) in [6.07, 6.45) is 3.16. The van der Waals surface area contributed by atoms with E-state index >= 15 is 0 Å². The number of carbonyl (C=O) groups excluding carboxylic acids is 1.